The highest BCUT2D eigenvalue weighted by atomic mass is 32.1. The van der Waals surface area contributed by atoms with Crippen LogP contribution in [0.3, 0.4) is 0 Å². The Morgan fingerprint density at radius 2 is 1.00 bits per heavy atom. The molecule has 0 aliphatic heterocycles. The van der Waals surface area contributed by atoms with Gasteiger partial charge in [0, 0.05) is 20.5 Å². The number of thiophene rings is 2. The highest BCUT2D eigenvalue weighted by Crippen LogP contribution is 2.35. The van der Waals surface area contributed by atoms with Gasteiger partial charge in [0.2, 0.25) is 0 Å². The third kappa shape index (κ3) is 1.15. The van der Waals surface area contributed by atoms with Crippen molar-refractivity contribution in [1.82, 2.24) is 0 Å². The first kappa shape index (κ1) is 12.2. The van der Waals surface area contributed by atoms with E-state index >= 15 is 0 Å². The fraction of sp³-hybridized carbons (Fsp3) is 0.250. The number of hydrogen-bond donors (Lipinski definition) is 0. The predicted octanol–water partition coefficient (Wildman–Crippen LogP) is 3.67. The van der Waals surface area contributed by atoms with Crippen molar-refractivity contribution in [2.24, 2.45) is 0 Å². The minimum atomic E-state index is 0.0465. The average Bonchev–Trinajstić information content (AvgIpc) is 3.01. The Morgan fingerprint density at radius 3 is 1.35 bits per heavy atom. The van der Waals surface area contributed by atoms with Crippen LogP contribution in [0.2, 0.25) is 0 Å². The highest BCUT2D eigenvalue weighted by Gasteiger charge is 2.23. The zero-order chi connectivity index (χ0) is 14.3. The van der Waals surface area contributed by atoms with Gasteiger partial charge < -0.3 is 0 Å². The minimum Gasteiger partial charge on any atom is -0.288 e. The van der Waals surface area contributed by atoms with Gasteiger partial charge in [0.1, 0.15) is 0 Å². The maximum atomic E-state index is 12.7. The third-order valence-electron chi connectivity index (χ3n) is 4.38. The minimum absolute atomic E-state index is 0.0465. The first-order chi connectivity index (χ1) is 9.43. The molecule has 0 radical (unpaired) electrons. The topological polar surface area (TPSA) is 34.1 Å². The molecule has 100 valence electrons. The molecule has 4 heteroatoms. The second kappa shape index (κ2) is 3.57. The lowest BCUT2D eigenvalue weighted by Gasteiger charge is -1.85. The molecule has 0 N–H and O–H groups in total. The molecule has 2 aromatic rings. The summed E-state index contributed by atoms with van der Waals surface area (Å²) in [6.07, 6.45) is 0. The maximum Gasteiger partial charge on any atom is 0.197 e. The fourth-order valence-corrected chi connectivity index (χ4v) is 5.48. The van der Waals surface area contributed by atoms with E-state index in [-0.39, 0.29) is 10.9 Å². The van der Waals surface area contributed by atoms with E-state index in [1.54, 1.807) is 22.7 Å². The smallest absolute Gasteiger partial charge is 0.197 e. The summed E-state index contributed by atoms with van der Waals surface area (Å²) in [6.45, 7) is 7.97. The molecule has 20 heavy (non-hydrogen) atoms. The summed E-state index contributed by atoms with van der Waals surface area (Å²) in [5.74, 6) is 0. The van der Waals surface area contributed by atoms with Gasteiger partial charge in [-0.15, -0.1) is 22.7 Å². The molecule has 2 aliphatic rings. The Hall–Kier alpha value is -1.52. The molecule has 4 rings (SSSR count). The van der Waals surface area contributed by atoms with E-state index in [0.717, 1.165) is 41.1 Å². The van der Waals surface area contributed by atoms with Gasteiger partial charge in [-0.25, -0.2) is 0 Å². The van der Waals surface area contributed by atoms with Crippen molar-refractivity contribution in [3.8, 4) is 0 Å². The number of aryl methyl sites for hydroxylation is 4. The molecule has 0 fully saturated rings. The van der Waals surface area contributed by atoms with Gasteiger partial charge in [-0.1, -0.05) is 0 Å². The van der Waals surface area contributed by atoms with Gasteiger partial charge in [0.25, 0.3) is 0 Å². The van der Waals surface area contributed by atoms with E-state index in [0.29, 0.717) is 10.4 Å². The second-order valence-electron chi connectivity index (χ2n) is 5.38. The van der Waals surface area contributed by atoms with Crippen molar-refractivity contribution < 1.29 is 0 Å². The Morgan fingerprint density at radius 1 is 0.650 bits per heavy atom. The van der Waals surface area contributed by atoms with Gasteiger partial charge in [0.15, 0.2) is 10.9 Å². The maximum absolute atomic E-state index is 12.7. The van der Waals surface area contributed by atoms with Crippen LogP contribution in [0.5, 0.6) is 0 Å². The lowest BCUT2D eigenvalue weighted by molar-refractivity contribution is 1.46. The number of fused-ring (bicyclic) bond motifs is 4. The van der Waals surface area contributed by atoms with Crippen LogP contribution in [0.1, 0.15) is 20.9 Å². The van der Waals surface area contributed by atoms with Gasteiger partial charge >= 0.3 is 0 Å². The lowest BCUT2D eigenvalue weighted by Crippen LogP contribution is -1.97. The molecule has 2 aromatic heterocycles. The zero-order valence-corrected chi connectivity index (χ0v) is 13.3. The Balaban J connectivity index is 2.50. The SMILES string of the molecule is Cc1sc2c3c(=O)c4c(C)c(C)sc4c=3c(=O)c2c1C. The van der Waals surface area contributed by atoms with Crippen molar-refractivity contribution >= 4 is 42.8 Å². The fourth-order valence-electron chi connectivity index (χ4n) is 3.06. The predicted molar refractivity (Wildman–Crippen MR) is 86.4 cm³/mol. The Labute approximate surface area is 122 Å². The van der Waals surface area contributed by atoms with E-state index in [9.17, 15) is 9.59 Å². The summed E-state index contributed by atoms with van der Waals surface area (Å²) < 4.78 is 1.79. The first-order valence-corrected chi connectivity index (χ1v) is 8.11. The second-order valence-corrected chi connectivity index (χ2v) is 7.83. The molecule has 0 spiro atoms. The van der Waals surface area contributed by atoms with E-state index in [1.165, 1.54) is 0 Å². The Bertz CT molecular complexity index is 1070. The number of hydrogen-bond acceptors (Lipinski definition) is 4. The van der Waals surface area contributed by atoms with Crippen molar-refractivity contribution in [2.75, 3.05) is 0 Å². The third-order valence-corrected chi connectivity index (χ3v) is 6.83. The summed E-state index contributed by atoms with van der Waals surface area (Å²) >= 11 is 3.15. The van der Waals surface area contributed by atoms with E-state index in [1.807, 2.05) is 27.7 Å². The van der Waals surface area contributed by atoms with Crippen LogP contribution < -0.4 is 10.9 Å². The van der Waals surface area contributed by atoms with Crippen LogP contribution in [0.15, 0.2) is 9.59 Å². The molecule has 0 unspecified atom stereocenters. The molecule has 2 heterocycles. The normalized spacial score (nSPS) is 12.4. The zero-order valence-electron chi connectivity index (χ0n) is 11.6. The van der Waals surface area contributed by atoms with Gasteiger partial charge in [-0.3, -0.25) is 9.59 Å². The molecule has 2 aliphatic carbocycles. The largest absolute Gasteiger partial charge is 0.288 e. The Kier molecular flexibility index (Phi) is 2.18. The molecular weight excluding hydrogens is 288 g/mol. The molecule has 0 saturated carbocycles. The molecule has 0 amide bonds. The summed E-state index contributed by atoms with van der Waals surface area (Å²) in [5.41, 5.74) is 2.16. The van der Waals surface area contributed by atoms with Gasteiger partial charge in [-0.2, -0.15) is 0 Å². The van der Waals surface area contributed by atoms with Crippen LogP contribution >= 0.6 is 22.7 Å². The van der Waals surface area contributed by atoms with Crippen LogP contribution in [0.4, 0.5) is 0 Å². The van der Waals surface area contributed by atoms with Gasteiger partial charge in [-0.05, 0) is 38.8 Å². The molecule has 2 nitrogen and oxygen atoms in total. The molecule has 0 saturated heterocycles. The quantitative estimate of drug-likeness (QED) is 0.496. The van der Waals surface area contributed by atoms with Crippen LogP contribution in [0, 0.1) is 38.1 Å². The summed E-state index contributed by atoms with van der Waals surface area (Å²) in [7, 11) is 0. The molecular formula is C16H12O2S2. The molecule has 0 aromatic carbocycles. The van der Waals surface area contributed by atoms with Crippen molar-refractivity contribution in [2.45, 2.75) is 27.7 Å². The van der Waals surface area contributed by atoms with Gasteiger partial charge in [0.05, 0.1) is 19.8 Å². The summed E-state index contributed by atoms with van der Waals surface area (Å²) in [6, 6.07) is 0. The van der Waals surface area contributed by atoms with Crippen molar-refractivity contribution in [3.05, 3.63) is 51.8 Å². The van der Waals surface area contributed by atoms with E-state index < -0.39 is 0 Å². The lowest BCUT2D eigenvalue weighted by atomic mass is 10.2. The molecule has 0 atom stereocenters. The molecule has 0 bridgehead atoms. The monoisotopic (exact) mass is 300 g/mol. The van der Waals surface area contributed by atoms with Crippen molar-refractivity contribution in [1.29, 1.82) is 0 Å². The summed E-state index contributed by atoms with van der Waals surface area (Å²) in [5, 5.41) is 2.85. The standard InChI is InChI=1S/C16H12O2S2/c1-5-7(3)19-15-9(5)13(17)11-12(15)14(18)10-6(2)8(4)20-16(10)11/h1-4H3. The van der Waals surface area contributed by atoms with E-state index in [4.69, 9.17) is 0 Å². The first-order valence-electron chi connectivity index (χ1n) is 6.47. The van der Waals surface area contributed by atoms with Crippen LogP contribution in [-0.2, 0) is 0 Å². The van der Waals surface area contributed by atoms with Crippen LogP contribution in [-0.4, -0.2) is 0 Å². The number of rotatable bonds is 0. The average molecular weight is 300 g/mol. The van der Waals surface area contributed by atoms with Crippen LogP contribution in [0.25, 0.3) is 20.2 Å². The van der Waals surface area contributed by atoms with Crippen molar-refractivity contribution in [3.63, 3.8) is 0 Å². The van der Waals surface area contributed by atoms with E-state index in [2.05, 4.69) is 0 Å². The summed E-state index contributed by atoms with van der Waals surface area (Å²) in [4.78, 5) is 27.7. The highest BCUT2D eigenvalue weighted by molar-refractivity contribution is 7.20.